The van der Waals surface area contributed by atoms with Gasteiger partial charge in [-0.25, -0.2) is 0 Å². The van der Waals surface area contributed by atoms with Crippen LogP contribution in [0.15, 0.2) is 24.3 Å². The van der Waals surface area contributed by atoms with Crippen LogP contribution in [-0.4, -0.2) is 3.42 Å². The minimum atomic E-state index is 0.477. The molecule has 11 heavy (non-hydrogen) atoms. The van der Waals surface area contributed by atoms with Gasteiger partial charge in [-0.2, -0.15) is 0 Å². The minimum absolute atomic E-state index is 0.477. The van der Waals surface area contributed by atoms with E-state index in [1.165, 1.54) is 25.7 Å². The van der Waals surface area contributed by atoms with E-state index in [-0.39, 0.29) is 0 Å². The summed E-state index contributed by atoms with van der Waals surface area (Å²) in [5.41, 5.74) is 0. The lowest BCUT2D eigenvalue weighted by Gasteiger charge is -2.37. The third-order valence-corrected chi connectivity index (χ3v) is 4.47. The van der Waals surface area contributed by atoms with Crippen molar-refractivity contribution in [2.24, 2.45) is 5.92 Å². The van der Waals surface area contributed by atoms with E-state index in [1.54, 1.807) is 0 Å². The summed E-state index contributed by atoms with van der Waals surface area (Å²) < 4.78 is 0.477. The molecule has 2 unspecified atom stereocenters. The van der Waals surface area contributed by atoms with Gasteiger partial charge in [0, 0.05) is 3.42 Å². The number of allylic oxidation sites excluding steroid dienone is 4. The van der Waals surface area contributed by atoms with Crippen molar-refractivity contribution in [3.63, 3.8) is 0 Å². The van der Waals surface area contributed by atoms with E-state index >= 15 is 0 Å². The number of halogens is 1. The van der Waals surface area contributed by atoms with Crippen molar-refractivity contribution < 1.29 is 0 Å². The van der Waals surface area contributed by atoms with Gasteiger partial charge in [-0.1, -0.05) is 59.7 Å². The van der Waals surface area contributed by atoms with Crippen LogP contribution in [-0.2, 0) is 0 Å². The largest absolute Gasteiger partial charge is 0.0798 e. The Hall–Kier alpha value is 0.210. The molecule has 60 valence electrons. The SMILES string of the molecule is IC12C=CC=CC1CCCC2. The summed E-state index contributed by atoms with van der Waals surface area (Å²) in [5, 5.41) is 0. The van der Waals surface area contributed by atoms with Crippen LogP contribution in [0.5, 0.6) is 0 Å². The van der Waals surface area contributed by atoms with Crippen molar-refractivity contribution in [1.82, 2.24) is 0 Å². The molecule has 0 heterocycles. The van der Waals surface area contributed by atoms with E-state index in [2.05, 4.69) is 46.9 Å². The van der Waals surface area contributed by atoms with E-state index in [9.17, 15) is 0 Å². The molecule has 2 aliphatic rings. The van der Waals surface area contributed by atoms with Crippen LogP contribution in [0, 0.1) is 5.92 Å². The van der Waals surface area contributed by atoms with Gasteiger partial charge in [-0.05, 0) is 18.8 Å². The molecule has 1 heteroatoms. The van der Waals surface area contributed by atoms with Gasteiger partial charge < -0.3 is 0 Å². The van der Waals surface area contributed by atoms with Gasteiger partial charge in [-0.15, -0.1) is 0 Å². The highest BCUT2D eigenvalue weighted by Crippen LogP contribution is 2.44. The molecule has 1 saturated carbocycles. The van der Waals surface area contributed by atoms with Crippen molar-refractivity contribution in [2.45, 2.75) is 29.1 Å². The van der Waals surface area contributed by atoms with Crippen molar-refractivity contribution in [1.29, 1.82) is 0 Å². The maximum atomic E-state index is 2.63. The standard InChI is InChI=1S/C10H13I/c11-10-7-3-1-5-9(10)6-2-4-8-10/h1,3,5,7,9H,2,4,6,8H2. The Morgan fingerprint density at radius 1 is 1.27 bits per heavy atom. The molecule has 2 atom stereocenters. The maximum Gasteiger partial charge on any atom is 0.0466 e. The summed E-state index contributed by atoms with van der Waals surface area (Å²) in [4.78, 5) is 0. The predicted octanol–water partition coefficient (Wildman–Crippen LogP) is 3.48. The first-order valence-corrected chi connectivity index (χ1v) is 5.44. The lowest BCUT2D eigenvalue weighted by Crippen LogP contribution is -2.32. The number of rotatable bonds is 0. The summed E-state index contributed by atoms with van der Waals surface area (Å²) >= 11 is 2.63. The van der Waals surface area contributed by atoms with Crippen LogP contribution in [0.2, 0.25) is 0 Å². The first-order chi connectivity index (χ1) is 5.31. The number of hydrogen-bond acceptors (Lipinski definition) is 0. The summed E-state index contributed by atoms with van der Waals surface area (Å²) in [5.74, 6) is 0.821. The minimum Gasteiger partial charge on any atom is -0.0798 e. The van der Waals surface area contributed by atoms with Gasteiger partial charge in [0.25, 0.3) is 0 Å². The van der Waals surface area contributed by atoms with Crippen molar-refractivity contribution >= 4 is 22.6 Å². The van der Waals surface area contributed by atoms with E-state index in [0.29, 0.717) is 3.42 Å². The molecular weight excluding hydrogens is 247 g/mol. The summed E-state index contributed by atoms with van der Waals surface area (Å²) in [6, 6.07) is 0. The fraction of sp³-hybridized carbons (Fsp3) is 0.600. The smallest absolute Gasteiger partial charge is 0.0466 e. The molecule has 0 aromatic rings. The number of fused-ring (bicyclic) bond motifs is 1. The van der Waals surface area contributed by atoms with Gasteiger partial charge >= 0.3 is 0 Å². The van der Waals surface area contributed by atoms with Gasteiger partial charge in [0.2, 0.25) is 0 Å². The Bertz CT molecular complexity index is 205. The van der Waals surface area contributed by atoms with Crippen LogP contribution < -0.4 is 0 Å². The zero-order valence-corrected chi connectivity index (χ0v) is 8.75. The van der Waals surface area contributed by atoms with Gasteiger partial charge in [0.1, 0.15) is 0 Å². The summed E-state index contributed by atoms with van der Waals surface area (Å²) in [6.07, 6.45) is 14.8. The summed E-state index contributed by atoms with van der Waals surface area (Å²) in [7, 11) is 0. The highest BCUT2D eigenvalue weighted by molar-refractivity contribution is 14.1. The topological polar surface area (TPSA) is 0 Å². The van der Waals surface area contributed by atoms with Gasteiger partial charge in [-0.3, -0.25) is 0 Å². The van der Waals surface area contributed by atoms with Crippen molar-refractivity contribution in [2.75, 3.05) is 0 Å². The van der Waals surface area contributed by atoms with Crippen molar-refractivity contribution in [3.05, 3.63) is 24.3 Å². The first kappa shape index (κ1) is 7.84. The van der Waals surface area contributed by atoms with E-state index in [0.717, 1.165) is 5.92 Å². The zero-order chi connectivity index (χ0) is 7.73. The van der Waals surface area contributed by atoms with Crippen LogP contribution in [0.3, 0.4) is 0 Å². The van der Waals surface area contributed by atoms with Crippen LogP contribution >= 0.6 is 22.6 Å². The molecule has 0 radical (unpaired) electrons. The molecule has 0 aromatic carbocycles. The monoisotopic (exact) mass is 260 g/mol. The lowest BCUT2D eigenvalue weighted by atomic mass is 9.77. The average molecular weight is 260 g/mol. The second-order valence-electron chi connectivity index (χ2n) is 3.52. The van der Waals surface area contributed by atoms with Crippen LogP contribution in [0.25, 0.3) is 0 Å². The second kappa shape index (κ2) is 2.92. The van der Waals surface area contributed by atoms with E-state index in [4.69, 9.17) is 0 Å². The summed E-state index contributed by atoms with van der Waals surface area (Å²) in [6.45, 7) is 0. The van der Waals surface area contributed by atoms with Gasteiger partial charge in [0.05, 0.1) is 0 Å². The highest BCUT2D eigenvalue weighted by Gasteiger charge is 2.35. The van der Waals surface area contributed by atoms with E-state index in [1.807, 2.05) is 0 Å². The molecule has 2 aliphatic carbocycles. The molecule has 1 fully saturated rings. The Balaban J connectivity index is 2.22. The third-order valence-electron chi connectivity index (χ3n) is 2.77. The Labute approximate surface area is 81.9 Å². The Kier molecular flexibility index (Phi) is 2.08. The number of hydrogen-bond donors (Lipinski definition) is 0. The molecule has 0 spiro atoms. The molecule has 0 saturated heterocycles. The molecule has 0 N–H and O–H groups in total. The molecule has 0 aliphatic heterocycles. The lowest BCUT2D eigenvalue weighted by molar-refractivity contribution is 0.383. The molecule has 0 bridgehead atoms. The zero-order valence-electron chi connectivity index (χ0n) is 6.59. The van der Waals surface area contributed by atoms with Gasteiger partial charge in [0.15, 0.2) is 0 Å². The Morgan fingerprint density at radius 2 is 2.18 bits per heavy atom. The Morgan fingerprint density at radius 3 is 3.00 bits per heavy atom. The molecule has 0 aromatic heterocycles. The molecular formula is C10H13I. The molecule has 0 nitrogen and oxygen atoms in total. The third kappa shape index (κ3) is 1.40. The normalized spacial score (nSPS) is 42.1. The van der Waals surface area contributed by atoms with Crippen molar-refractivity contribution in [3.8, 4) is 0 Å². The quantitative estimate of drug-likeness (QED) is 0.462. The van der Waals surface area contributed by atoms with Crippen LogP contribution in [0.1, 0.15) is 25.7 Å². The fourth-order valence-electron chi connectivity index (χ4n) is 2.06. The first-order valence-electron chi connectivity index (χ1n) is 4.36. The maximum absolute atomic E-state index is 2.63. The highest BCUT2D eigenvalue weighted by atomic mass is 127. The second-order valence-corrected chi connectivity index (χ2v) is 5.53. The van der Waals surface area contributed by atoms with E-state index < -0.39 is 0 Å². The average Bonchev–Trinajstić information content (AvgIpc) is 2.03. The molecule has 0 amide bonds. The molecule has 2 rings (SSSR count). The number of alkyl halides is 1. The fourth-order valence-corrected chi connectivity index (χ4v) is 3.17. The van der Waals surface area contributed by atoms with Crippen LogP contribution in [0.4, 0.5) is 0 Å². The predicted molar refractivity (Wildman–Crippen MR) is 57.0 cm³/mol.